The second kappa shape index (κ2) is 8.85. The zero-order valence-electron chi connectivity index (χ0n) is 16.4. The highest BCUT2D eigenvalue weighted by molar-refractivity contribution is 5.96. The molecule has 0 bridgehead atoms. The van der Waals surface area contributed by atoms with E-state index in [1.165, 1.54) is 4.90 Å². The molecular weight excluding hydrogens is 377 g/mol. The fourth-order valence-electron chi connectivity index (χ4n) is 3.49. The van der Waals surface area contributed by atoms with Crippen molar-refractivity contribution in [1.82, 2.24) is 20.2 Å². The molecule has 0 saturated carbocycles. The molecule has 2 amide bonds. The number of amides is 2. The molecule has 0 aliphatic carbocycles. The molecule has 1 saturated heterocycles. The summed E-state index contributed by atoms with van der Waals surface area (Å²) in [7, 11) is 0. The number of aryl methyl sites for hydroxylation is 3. The van der Waals surface area contributed by atoms with Crippen LogP contribution in [0.15, 0.2) is 0 Å². The van der Waals surface area contributed by atoms with Crippen LogP contribution in [0.1, 0.15) is 47.3 Å². The molecule has 7 nitrogen and oxygen atoms in total. The molecule has 2 heterocycles. The maximum atomic E-state index is 12.6. The van der Waals surface area contributed by atoms with Crippen LogP contribution in [0.4, 0.5) is 13.2 Å². The van der Waals surface area contributed by atoms with Crippen molar-refractivity contribution in [1.29, 1.82) is 0 Å². The zero-order chi connectivity index (χ0) is 21.1. The van der Waals surface area contributed by atoms with Crippen molar-refractivity contribution in [2.24, 2.45) is 5.92 Å². The second-order valence-electron chi connectivity index (χ2n) is 7.03. The summed E-state index contributed by atoms with van der Waals surface area (Å²) in [5.41, 5.74) is 1.67. The average molecular weight is 402 g/mol. The SMILES string of the molecule is Cc1nc(C)c(C(=O)N[C@@H](C)C2CCN(C(=O)COC(F)(F)F)CC2)c(C)n1. The Morgan fingerprint density at radius 1 is 1.18 bits per heavy atom. The van der Waals surface area contributed by atoms with Crippen LogP contribution < -0.4 is 5.32 Å². The van der Waals surface area contributed by atoms with E-state index in [0.29, 0.717) is 48.7 Å². The standard InChI is InChI=1S/C18H25F3N4O3/c1-10(24-17(27)16-11(2)22-13(4)23-12(16)3)14-5-7-25(8-6-14)15(26)9-28-18(19,20)21/h10,14H,5-9H2,1-4H3,(H,24,27)/t10-/m0/s1. The van der Waals surface area contributed by atoms with Gasteiger partial charge in [0.15, 0.2) is 0 Å². The van der Waals surface area contributed by atoms with Crippen LogP contribution in [0.3, 0.4) is 0 Å². The van der Waals surface area contributed by atoms with Gasteiger partial charge in [-0.15, -0.1) is 13.2 Å². The molecule has 1 aromatic rings. The van der Waals surface area contributed by atoms with Crippen molar-refractivity contribution >= 4 is 11.8 Å². The first-order valence-electron chi connectivity index (χ1n) is 9.09. The number of rotatable bonds is 5. The Hall–Kier alpha value is -2.23. The van der Waals surface area contributed by atoms with E-state index < -0.39 is 18.9 Å². The molecule has 0 radical (unpaired) electrons. The number of likely N-dealkylation sites (tertiary alicyclic amines) is 1. The Kier molecular flexibility index (Phi) is 6.97. The lowest BCUT2D eigenvalue weighted by Gasteiger charge is -2.35. The van der Waals surface area contributed by atoms with Gasteiger partial charge in [0.25, 0.3) is 5.91 Å². The van der Waals surface area contributed by atoms with Gasteiger partial charge in [-0.1, -0.05) is 0 Å². The highest BCUT2D eigenvalue weighted by Gasteiger charge is 2.33. The molecule has 1 fully saturated rings. The zero-order valence-corrected chi connectivity index (χ0v) is 16.4. The largest absolute Gasteiger partial charge is 0.523 e. The van der Waals surface area contributed by atoms with Crippen molar-refractivity contribution < 1.29 is 27.5 Å². The minimum absolute atomic E-state index is 0.114. The van der Waals surface area contributed by atoms with E-state index >= 15 is 0 Å². The number of alkyl halides is 3. The number of nitrogens with one attached hydrogen (secondary N) is 1. The number of carbonyl (C=O) groups is 2. The van der Waals surface area contributed by atoms with Gasteiger partial charge in [-0.3, -0.25) is 14.3 Å². The first-order valence-corrected chi connectivity index (χ1v) is 9.09. The molecule has 10 heteroatoms. The Morgan fingerprint density at radius 2 is 1.71 bits per heavy atom. The first kappa shape index (κ1) is 22.1. The van der Waals surface area contributed by atoms with Crippen molar-refractivity contribution in [3.63, 3.8) is 0 Å². The summed E-state index contributed by atoms with van der Waals surface area (Å²) in [5, 5.41) is 2.96. The van der Waals surface area contributed by atoms with Crippen LogP contribution in [0, 0.1) is 26.7 Å². The van der Waals surface area contributed by atoms with Gasteiger partial charge >= 0.3 is 6.36 Å². The Balaban J connectivity index is 1.88. The van der Waals surface area contributed by atoms with Gasteiger partial charge in [0, 0.05) is 19.1 Å². The fourth-order valence-corrected chi connectivity index (χ4v) is 3.49. The van der Waals surface area contributed by atoms with E-state index in [1.807, 2.05) is 6.92 Å². The third-order valence-electron chi connectivity index (χ3n) is 4.93. The van der Waals surface area contributed by atoms with Crippen LogP contribution >= 0.6 is 0 Å². The summed E-state index contributed by atoms with van der Waals surface area (Å²) in [6, 6.07) is -0.156. The molecule has 28 heavy (non-hydrogen) atoms. The van der Waals surface area contributed by atoms with Crippen LogP contribution in [0.25, 0.3) is 0 Å². The van der Waals surface area contributed by atoms with E-state index in [-0.39, 0.29) is 17.9 Å². The molecule has 0 aromatic carbocycles. The number of nitrogens with zero attached hydrogens (tertiary/aromatic N) is 3. The minimum Gasteiger partial charge on any atom is -0.349 e. The third kappa shape index (κ3) is 5.88. The summed E-state index contributed by atoms with van der Waals surface area (Å²) in [6.45, 7) is 6.81. The minimum atomic E-state index is -4.82. The second-order valence-corrected chi connectivity index (χ2v) is 7.03. The number of ether oxygens (including phenoxy) is 1. The molecule has 2 rings (SSSR count). The number of carbonyl (C=O) groups excluding carboxylic acids is 2. The molecule has 1 aromatic heterocycles. The fraction of sp³-hybridized carbons (Fsp3) is 0.667. The number of halogens is 3. The number of hydrogen-bond donors (Lipinski definition) is 1. The Labute approximate surface area is 161 Å². The first-order chi connectivity index (χ1) is 13.0. The summed E-state index contributed by atoms with van der Waals surface area (Å²) < 4.78 is 39.7. The van der Waals surface area contributed by atoms with Crippen molar-refractivity contribution in [2.75, 3.05) is 19.7 Å². The van der Waals surface area contributed by atoms with E-state index in [4.69, 9.17) is 0 Å². The number of hydrogen-bond acceptors (Lipinski definition) is 5. The van der Waals surface area contributed by atoms with Crippen molar-refractivity contribution in [3.05, 3.63) is 22.8 Å². The summed E-state index contributed by atoms with van der Waals surface area (Å²) in [5.74, 6) is -0.218. The smallest absolute Gasteiger partial charge is 0.349 e. The van der Waals surface area contributed by atoms with Gasteiger partial charge in [0.2, 0.25) is 5.91 Å². The highest BCUT2D eigenvalue weighted by atomic mass is 19.4. The average Bonchev–Trinajstić information content (AvgIpc) is 2.58. The van der Waals surface area contributed by atoms with E-state index in [9.17, 15) is 22.8 Å². The van der Waals surface area contributed by atoms with E-state index in [2.05, 4.69) is 20.0 Å². The normalized spacial score (nSPS) is 16.8. The molecule has 1 aliphatic heterocycles. The highest BCUT2D eigenvalue weighted by Crippen LogP contribution is 2.22. The molecule has 1 atom stereocenters. The van der Waals surface area contributed by atoms with Gasteiger partial charge < -0.3 is 10.2 Å². The topological polar surface area (TPSA) is 84.4 Å². The molecule has 0 unspecified atom stereocenters. The lowest BCUT2D eigenvalue weighted by Crippen LogP contribution is -2.46. The lowest BCUT2D eigenvalue weighted by molar-refractivity contribution is -0.321. The Bertz CT molecular complexity index is 708. The van der Waals surface area contributed by atoms with Crippen LogP contribution in [0.2, 0.25) is 0 Å². The van der Waals surface area contributed by atoms with Crippen molar-refractivity contribution in [2.45, 2.75) is 52.9 Å². The van der Waals surface area contributed by atoms with Crippen LogP contribution in [-0.4, -0.2) is 58.8 Å². The molecule has 0 spiro atoms. The predicted molar refractivity (Wildman–Crippen MR) is 94.5 cm³/mol. The predicted octanol–water partition coefficient (Wildman–Crippen LogP) is 2.30. The van der Waals surface area contributed by atoms with E-state index in [1.54, 1.807) is 20.8 Å². The van der Waals surface area contributed by atoms with Crippen LogP contribution in [-0.2, 0) is 9.53 Å². The van der Waals surface area contributed by atoms with E-state index in [0.717, 1.165) is 0 Å². The molecule has 1 aliphatic rings. The van der Waals surface area contributed by atoms with Gasteiger partial charge in [-0.25, -0.2) is 9.97 Å². The van der Waals surface area contributed by atoms with Crippen molar-refractivity contribution in [3.8, 4) is 0 Å². The quantitative estimate of drug-likeness (QED) is 0.817. The maximum absolute atomic E-state index is 12.6. The van der Waals surface area contributed by atoms with Gasteiger partial charge in [0.05, 0.1) is 17.0 Å². The molecule has 156 valence electrons. The van der Waals surface area contributed by atoms with Gasteiger partial charge in [-0.2, -0.15) is 0 Å². The Morgan fingerprint density at radius 3 is 2.21 bits per heavy atom. The lowest BCUT2D eigenvalue weighted by atomic mass is 9.90. The van der Waals surface area contributed by atoms with Gasteiger partial charge in [0.1, 0.15) is 12.4 Å². The molecule has 1 N–H and O–H groups in total. The van der Waals surface area contributed by atoms with Crippen LogP contribution in [0.5, 0.6) is 0 Å². The monoisotopic (exact) mass is 402 g/mol. The number of aromatic nitrogens is 2. The summed E-state index contributed by atoms with van der Waals surface area (Å²) in [6.07, 6.45) is -3.65. The molecular formula is C18H25F3N4O3. The summed E-state index contributed by atoms with van der Waals surface area (Å²) in [4.78, 5) is 34.3. The third-order valence-corrected chi connectivity index (χ3v) is 4.93. The number of piperidine rings is 1. The maximum Gasteiger partial charge on any atom is 0.523 e. The van der Waals surface area contributed by atoms with Gasteiger partial charge in [-0.05, 0) is 46.5 Å². The summed E-state index contributed by atoms with van der Waals surface area (Å²) >= 11 is 0.